The predicted octanol–water partition coefficient (Wildman–Crippen LogP) is 4.28. The molecule has 0 bridgehead atoms. The molecule has 1 unspecified atom stereocenters. The SMILES string of the molecule is CC(O)c1ccc(Oc2ccc(CNC(=O)C3(NC(=O)Oc4cncnc4)CC3)cc2)c(C(F)(F)F)c1. The number of ether oxygens (including phenoxy) is 2. The van der Waals surface area contributed by atoms with Gasteiger partial charge in [0.15, 0.2) is 5.75 Å². The summed E-state index contributed by atoms with van der Waals surface area (Å²) in [7, 11) is 0. The van der Waals surface area contributed by atoms with E-state index in [-0.39, 0.29) is 29.5 Å². The topological polar surface area (TPSA) is 123 Å². The van der Waals surface area contributed by atoms with Gasteiger partial charge in [0, 0.05) is 6.54 Å². The van der Waals surface area contributed by atoms with Gasteiger partial charge >= 0.3 is 12.3 Å². The minimum atomic E-state index is -4.67. The zero-order valence-electron chi connectivity index (χ0n) is 19.6. The van der Waals surface area contributed by atoms with Gasteiger partial charge in [-0.05, 0) is 55.2 Å². The second-order valence-electron chi connectivity index (χ2n) is 8.53. The Hall–Kier alpha value is -4.19. The molecule has 1 saturated carbocycles. The lowest BCUT2D eigenvalue weighted by Gasteiger charge is -2.17. The number of amides is 2. The number of nitrogens with zero attached hydrogens (tertiary/aromatic N) is 2. The number of carbonyl (C=O) groups excluding carboxylic acids is 2. The average molecular weight is 516 g/mol. The van der Waals surface area contributed by atoms with Crippen LogP contribution in [0.25, 0.3) is 0 Å². The van der Waals surface area contributed by atoms with Crippen molar-refractivity contribution in [2.24, 2.45) is 0 Å². The normalized spacial score (nSPS) is 14.8. The molecule has 1 fully saturated rings. The van der Waals surface area contributed by atoms with Crippen LogP contribution in [0, 0.1) is 0 Å². The minimum Gasteiger partial charge on any atom is -0.457 e. The Balaban J connectivity index is 1.33. The van der Waals surface area contributed by atoms with E-state index in [0.717, 1.165) is 12.1 Å². The number of hydrogen-bond acceptors (Lipinski definition) is 7. The third kappa shape index (κ3) is 6.53. The maximum atomic E-state index is 13.5. The summed E-state index contributed by atoms with van der Waals surface area (Å²) in [5.74, 6) is -0.478. The van der Waals surface area contributed by atoms with Gasteiger partial charge in [-0.25, -0.2) is 14.8 Å². The fourth-order valence-electron chi connectivity index (χ4n) is 3.47. The van der Waals surface area contributed by atoms with Gasteiger partial charge in [-0.2, -0.15) is 13.2 Å². The van der Waals surface area contributed by atoms with Crippen molar-refractivity contribution in [1.29, 1.82) is 0 Å². The van der Waals surface area contributed by atoms with Crippen LogP contribution in [0.15, 0.2) is 61.2 Å². The quantitative estimate of drug-likeness (QED) is 0.409. The summed E-state index contributed by atoms with van der Waals surface area (Å²) in [6.45, 7) is 1.50. The Morgan fingerprint density at radius 2 is 1.76 bits per heavy atom. The van der Waals surface area contributed by atoms with Gasteiger partial charge in [-0.3, -0.25) is 4.79 Å². The Kier molecular flexibility index (Phi) is 7.30. The molecule has 3 aromatic rings. The first-order valence-corrected chi connectivity index (χ1v) is 11.2. The molecule has 1 heterocycles. The highest BCUT2D eigenvalue weighted by atomic mass is 19.4. The van der Waals surface area contributed by atoms with E-state index >= 15 is 0 Å². The number of rotatable bonds is 8. The van der Waals surface area contributed by atoms with Crippen LogP contribution < -0.4 is 20.1 Å². The number of halogens is 3. The third-order valence-electron chi connectivity index (χ3n) is 5.67. The van der Waals surface area contributed by atoms with Crippen molar-refractivity contribution in [1.82, 2.24) is 20.6 Å². The van der Waals surface area contributed by atoms with Gasteiger partial charge in [-0.1, -0.05) is 18.2 Å². The van der Waals surface area contributed by atoms with Crippen molar-refractivity contribution in [3.63, 3.8) is 0 Å². The highest BCUT2D eigenvalue weighted by molar-refractivity contribution is 5.93. The van der Waals surface area contributed by atoms with Crippen LogP contribution in [0.4, 0.5) is 18.0 Å². The molecule has 9 nitrogen and oxygen atoms in total. The zero-order chi connectivity index (χ0) is 26.6. The van der Waals surface area contributed by atoms with Crippen molar-refractivity contribution < 1.29 is 37.3 Å². The summed E-state index contributed by atoms with van der Waals surface area (Å²) in [6.07, 6.45) is -1.72. The maximum Gasteiger partial charge on any atom is 0.419 e. The summed E-state index contributed by atoms with van der Waals surface area (Å²) in [5, 5.41) is 14.9. The van der Waals surface area contributed by atoms with E-state index < -0.39 is 35.2 Å². The van der Waals surface area contributed by atoms with Crippen LogP contribution in [-0.2, 0) is 17.5 Å². The molecule has 2 aromatic carbocycles. The number of alkyl halides is 3. The van der Waals surface area contributed by atoms with Gasteiger partial charge in [0.1, 0.15) is 23.4 Å². The summed E-state index contributed by atoms with van der Waals surface area (Å²) in [4.78, 5) is 32.2. The molecule has 37 heavy (non-hydrogen) atoms. The van der Waals surface area contributed by atoms with Crippen molar-refractivity contribution in [2.75, 3.05) is 0 Å². The molecule has 1 aliphatic rings. The average Bonchev–Trinajstić information content (AvgIpc) is 3.64. The van der Waals surface area contributed by atoms with E-state index in [0.29, 0.717) is 18.4 Å². The van der Waals surface area contributed by atoms with Gasteiger partial charge in [-0.15, -0.1) is 0 Å². The second kappa shape index (κ2) is 10.4. The highest BCUT2D eigenvalue weighted by Gasteiger charge is 2.51. The molecular formula is C25H23F3N4O5. The highest BCUT2D eigenvalue weighted by Crippen LogP contribution is 2.40. The van der Waals surface area contributed by atoms with Crippen molar-refractivity contribution in [3.05, 3.63) is 77.9 Å². The number of aromatic nitrogens is 2. The molecule has 12 heteroatoms. The fourth-order valence-corrected chi connectivity index (χ4v) is 3.47. The van der Waals surface area contributed by atoms with Gasteiger partial charge in [0.25, 0.3) is 0 Å². The predicted molar refractivity (Wildman–Crippen MR) is 124 cm³/mol. The summed E-state index contributed by atoms with van der Waals surface area (Å²) in [6, 6.07) is 9.55. The van der Waals surface area contributed by atoms with Crippen LogP contribution in [0.5, 0.6) is 17.2 Å². The number of hydrogen-bond donors (Lipinski definition) is 3. The number of nitrogens with one attached hydrogen (secondary N) is 2. The molecule has 0 aliphatic heterocycles. The second-order valence-corrected chi connectivity index (χ2v) is 8.53. The summed E-state index contributed by atoms with van der Waals surface area (Å²) >= 11 is 0. The van der Waals surface area contributed by atoms with Crippen LogP contribution >= 0.6 is 0 Å². The summed E-state index contributed by atoms with van der Waals surface area (Å²) < 4.78 is 51.0. The van der Waals surface area contributed by atoms with Crippen LogP contribution in [0.2, 0.25) is 0 Å². The van der Waals surface area contributed by atoms with E-state index in [2.05, 4.69) is 20.6 Å². The molecule has 194 valence electrons. The lowest BCUT2D eigenvalue weighted by Crippen LogP contribution is -2.49. The van der Waals surface area contributed by atoms with Crippen LogP contribution in [0.3, 0.4) is 0 Å². The molecule has 2 amide bonds. The molecule has 0 saturated heterocycles. The number of aliphatic hydroxyl groups is 1. The van der Waals surface area contributed by atoms with Gasteiger partial charge in [0.05, 0.1) is 24.1 Å². The Morgan fingerprint density at radius 3 is 2.35 bits per heavy atom. The molecule has 0 radical (unpaired) electrons. The molecule has 0 spiro atoms. The van der Waals surface area contributed by atoms with Crippen molar-refractivity contribution >= 4 is 12.0 Å². The lowest BCUT2D eigenvalue weighted by atomic mass is 10.1. The standard InChI is InChI=1S/C25H23F3N4O5/c1-15(33)17-4-7-21(20(10-17)25(26,27)28)36-18-5-2-16(3-6-18)11-31-22(34)24(8-9-24)32-23(35)37-19-12-29-14-30-13-19/h2-7,10,12-15,33H,8-9,11H2,1H3,(H,31,34)(H,32,35). The summed E-state index contributed by atoms with van der Waals surface area (Å²) in [5.41, 5.74) is -1.28. The van der Waals surface area contributed by atoms with E-state index in [1.165, 1.54) is 43.8 Å². The van der Waals surface area contributed by atoms with Crippen LogP contribution in [-0.4, -0.2) is 32.6 Å². The Labute approximate surface area is 209 Å². The third-order valence-corrected chi connectivity index (χ3v) is 5.67. The number of aliphatic hydroxyl groups excluding tert-OH is 1. The smallest absolute Gasteiger partial charge is 0.419 e. The van der Waals surface area contributed by atoms with E-state index in [1.54, 1.807) is 12.1 Å². The first-order valence-electron chi connectivity index (χ1n) is 11.2. The molecular weight excluding hydrogens is 493 g/mol. The minimum absolute atomic E-state index is 0.121. The maximum absolute atomic E-state index is 13.5. The first kappa shape index (κ1) is 25.9. The molecule has 1 aromatic heterocycles. The monoisotopic (exact) mass is 516 g/mol. The fraction of sp³-hybridized carbons (Fsp3) is 0.280. The largest absolute Gasteiger partial charge is 0.457 e. The Bertz CT molecular complexity index is 1260. The van der Waals surface area contributed by atoms with E-state index in [4.69, 9.17) is 9.47 Å². The molecule has 3 N–H and O–H groups in total. The Morgan fingerprint density at radius 1 is 1.08 bits per heavy atom. The van der Waals surface area contributed by atoms with Gasteiger partial charge in [0.2, 0.25) is 5.91 Å². The van der Waals surface area contributed by atoms with Crippen molar-refractivity contribution in [3.8, 4) is 17.2 Å². The van der Waals surface area contributed by atoms with Crippen molar-refractivity contribution in [2.45, 2.75) is 44.1 Å². The van der Waals surface area contributed by atoms with E-state index in [9.17, 15) is 27.9 Å². The number of carbonyl (C=O) groups is 2. The lowest BCUT2D eigenvalue weighted by molar-refractivity contribution is -0.138. The zero-order valence-corrected chi connectivity index (χ0v) is 19.6. The van der Waals surface area contributed by atoms with Gasteiger partial charge < -0.3 is 25.2 Å². The van der Waals surface area contributed by atoms with Crippen LogP contribution in [0.1, 0.15) is 42.6 Å². The molecule has 4 rings (SSSR count). The molecule has 1 aliphatic carbocycles. The number of benzene rings is 2. The van der Waals surface area contributed by atoms with E-state index in [1.807, 2.05) is 0 Å². The first-order chi connectivity index (χ1) is 17.6. The molecule has 1 atom stereocenters.